The molecule has 0 aliphatic rings. The third kappa shape index (κ3) is 5.61. The molecular weight excluding hydrogens is 310 g/mol. The molecule has 0 aromatic heterocycles. The summed E-state index contributed by atoms with van der Waals surface area (Å²) in [6.07, 6.45) is -0.857. The van der Waals surface area contributed by atoms with Crippen molar-refractivity contribution in [3.05, 3.63) is 28.2 Å². The summed E-state index contributed by atoms with van der Waals surface area (Å²) >= 11 is 3.48. The molecule has 0 saturated carbocycles. The predicted octanol–water partition coefficient (Wildman–Crippen LogP) is 3.19. The first-order valence-electron chi connectivity index (χ1n) is 6.12. The second-order valence-electron chi connectivity index (χ2n) is 5.46. The molecule has 0 spiro atoms. The molecule has 1 atom stereocenters. The van der Waals surface area contributed by atoms with Gasteiger partial charge in [0.05, 0.1) is 0 Å². The Labute approximate surface area is 122 Å². The molecule has 0 aliphatic carbocycles. The molecule has 19 heavy (non-hydrogen) atoms. The van der Waals surface area contributed by atoms with Crippen molar-refractivity contribution in [3.8, 4) is 5.75 Å². The van der Waals surface area contributed by atoms with Crippen LogP contribution in [-0.4, -0.2) is 22.7 Å². The Morgan fingerprint density at radius 3 is 2.63 bits per heavy atom. The number of hydrogen-bond acceptors (Lipinski definition) is 3. The second-order valence-corrected chi connectivity index (χ2v) is 6.31. The van der Waals surface area contributed by atoms with Gasteiger partial charge in [-0.05, 0) is 51.5 Å². The number of carboxylic acids is 1. The smallest absolute Gasteiger partial charge is 0.344 e. The minimum Gasteiger partial charge on any atom is -0.479 e. The Hall–Kier alpha value is -1.07. The van der Waals surface area contributed by atoms with Crippen LogP contribution in [0.1, 0.15) is 33.3 Å². The lowest BCUT2D eigenvalue weighted by atomic mass is 10.1. The fourth-order valence-electron chi connectivity index (χ4n) is 1.37. The Morgan fingerprint density at radius 2 is 2.11 bits per heavy atom. The number of rotatable bonds is 5. The molecule has 1 unspecified atom stereocenters. The largest absolute Gasteiger partial charge is 0.479 e. The van der Waals surface area contributed by atoms with Crippen LogP contribution in [0.25, 0.3) is 0 Å². The van der Waals surface area contributed by atoms with E-state index in [9.17, 15) is 4.79 Å². The van der Waals surface area contributed by atoms with E-state index in [0.717, 1.165) is 10.0 Å². The maximum absolute atomic E-state index is 10.8. The van der Waals surface area contributed by atoms with E-state index in [1.807, 2.05) is 12.1 Å². The van der Waals surface area contributed by atoms with Crippen molar-refractivity contribution in [2.45, 2.75) is 45.9 Å². The van der Waals surface area contributed by atoms with Gasteiger partial charge in [0.2, 0.25) is 0 Å². The number of carbonyl (C=O) groups is 1. The summed E-state index contributed by atoms with van der Waals surface area (Å²) in [5.74, 6) is -0.416. The highest BCUT2D eigenvalue weighted by Crippen LogP contribution is 2.24. The number of nitrogens with one attached hydrogen (secondary N) is 1. The van der Waals surface area contributed by atoms with Crippen LogP contribution in [0.3, 0.4) is 0 Å². The van der Waals surface area contributed by atoms with Gasteiger partial charge in [-0.2, -0.15) is 0 Å². The van der Waals surface area contributed by atoms with E-state index in [2.05, 4.69) is 42.0 Å². The molecule has 0 fully saturated rings. The summed E-state index contributed by atoms with van der Waals surface area (Å²) in [5, 5.41) is 12.2. The zero-order chi connectivity index (χ0) is 14.6. The molecule has 2 N–H and O–H groups in total. The second kappa shape index (κ2) is 6.39. The number of aliphatic carboxylic acids is 1. The monoisotopic (exact) mass is 329 g/mol. The van der Waals surface area contributed by atoms with Gasteiger partial charge in [0, 0.05) is 16.6 Å². The van der Waals surface area contributed by atoms with Crippen LogP contribution < -0.4 is 10.1 Å². The van der Waals surface area contributed by atoms with Gasteiger partial charge in [-0.25, -0.2) is 4.79 Å². The topological polar surface area (TPSA) is 58.6 Å². The zero-order valence-electron chi connectivity index (χ0n) is 11.7. The Kier molecular flexibility index (Phi) is 5.38. The van der Waals surface area contributed by atoms with Crippen LogP contribution in [-0.2, 0) is 11.3 Å². The van der Waals surface area contributed by atoms with Gasteiger partial charge in [-0.15, -0.1) is 0 Å². The highest BCUT2D eigenvalue weighted by molar-refractivity contribution is 9.10. The Morgan fingerprint density at radius 1 is 1.47 bits per heavy atom. The quantitative estimate of drug-likeness (QED) is 0.870. The summed E-state index contributed by atoms with van der Waals surface area (Å²) in [7, 11) is 0. The molecule has 4 nitrogen and oxygen atoms in total. The lowest BCUT2D eigenvalue weighted by Crippen LogP contribution is -2.35. The first-order chi connectivity index (χ1) is 8.69. The minimum absolute atomic E-state index is 0.0185. The molecule has 0 saturated heterocycles. The predicted molar refractivity (Wildman–Crippen MR) is 78.5 cm³/mol. The molecule has 0 aliphatic heterocycles. The molecular formula is C14H20BrNO3. The van der Waals surface area contributed by atoms with Crippen molar-refractivity contribution in [1.82, 2.24) is 5.32 Å². The number of hydrogen-bond donors (Lipinski definition) is 2. The normalized spacial score (nSPS) is 13.1. The minimum atomic E-state index is -0.975. The number of benzene rings is 1. The highest BCUT2D eigenvalue weighted by atomic mass is 79.9. The molecule has 1 aromatic carbocycles. The first-order valence-corrected chi connectivity index (χ1v) is 6.91. The lowest BCUT2D eigenvalue weighted by Gasteiger charge is -2.21. The van der Waals surface area contributed by atoms with Crippen LogP contribution in [0.4, 0.5) is 0 Å². The fourth-order valence-corrected chi connectivity index (χ4v) is 1.76. The summed E-state index contributed by atoms with van der Waals surface area (Å²) in [6.45, 7) is 8.47. The van der Waals surface area contributed by atoms with Crippen molar-refractivity contribution in [1.29, 1.82) is 0 Å². The maximum Gasteiger partial charge on any atom is 0.344 e. The molecule has 106 valence electrons. The van der Waals surface area contributed by atoms with Gasteiger partial charge in [0.15, 0.2) is 6.10 Å². The third-order valence-electron chi connectivity index (χ3n) is 2.49. The molecule has 0 amide bonds. The van der Waals surface area contributed by atoms with E-state index in [1.54, 1.807) is 6.07 Å². The first kappa shape index (κ1) is 16.0. The van der Waals surface area contributed by atoms with Gasteiger partial charge < -0.3 is 15.2 Å². The summed E-state index contributed by atoms with van der Waals surface area (Å²) in [5.41, 5.74) is 1.05. The van der Waals surface area contributed by atoms with Gasteiger partial charge in [0.25, 0.3) is 0 Å². The van der Waals surface area contributed by atoms with E-state index in [4.69, 9.17) is 9.84 Å². The average molecular weight is 330 g/mol. The molecule has 0 bridgehead atoms. The van der Waals surface area contributed by atoms with Crippen LogP contribution in [0.2, 0.25) is 0 Å². The van der Waals surface area contributed by atoms with E-state index in [-0.39, 0.29) is 5.54 Å². The Bertz CT molecular complexity index is 454. The van der Waals surface area contributed by atoms with Gasteiger partial charge in [-0.1, -0.05) is 15.9 Å². The van der Waals surface area contributed by atoms with E-state index >= 15 is 0 Å². The van der Waals surface area contributed by atoms with Gasteiger partial charge in [0.1, 0.15) is 5.75 Å². The van der Waals surface area contributed by atoms with Crippen molar-refractivity contribution >= 4 is 21.9 Å². The Balaban J connectivity index is 2.79. The van der Waals surface area contributed by atoms with Gasteiger partial charge >= 0.3 is 5.97 Å². The molecule has 0 heterocycles. The molecule has 1 rings (SSSR count). The van der Waals surface area contributed by atoms with Crippen LogP contribution >= 0.6 is 15.9 Å². The fraction of sp³-hybridized carbons (Fsp3) is 0.500. The summed E-state index contributed by atoms with van der Waals surface area (Å²) < 4.78 is 6.33. The standard InChI is InChI=1S/C14H20BrNO3/c1-9(13(17)18)19-11-5-6-12(15)10(7-11)8-16-14(2,3)4/h5-7,9,16H,8H2,1-4H3,(H,17,18). The van der Waals surface area contributed by atoms with Crippen molar-refractivity contribution < 1.29 is 14.6 Å². The van der Waals surface area contributed by atoms with Crippen LogP contribution in [0.15, 0.2) is 22.7 Å². The molecule has 1 aromatic rings. The summed E-state index contributed by atoms with van der Waals surface area (Å²) in [6, 6.07) is 5.47. The van der Waals surface area contributed by atoms with Gasteiger partial charge in [-0.3, -0.25) is 0 Å². The van der Waals surface area contributed by atoms with E-state index in [0.29, 0.717) is 12.3 Å². The highest BCUT2D eigenvalue weighted by Gasteiger charge is 2.14. The number of carboxylic acid groups (broad SMARTS) is 1. The van der Waals surface area contributed by atoms with Crippen molar-refractivity contribution in [2.75, 3.05) is 0 Å². The molecule has 5 heteroatoms. The number of halogens is 1. The van der Waals surface area contributed by atoms with E-state index in [1.165, 1.54) is 6.92 Å². The van der Waals surface area contributed by atoms with Crippen molar-refractivity contribution in [2.24, 2.45) is 0 Å². The summed E-state index contributed by atoms with van der Waals surface area (Å²) in [4.78, 5) is 10.8. The zero-order valence-corrected chi connectivity index (χ0v) is 13.2. The van der Waals surface area contributed by atoms with E-state index < -0.39 is 12.1 Å². The molecule has 0 radical (unpaired) electrons. The average Bonchev–Trinajstić information content (AvgIpc) is 2.28. The number of ether oxygens (including phenoxy) is 1. The maximum atomic E-state index is 10.8. The SMILES string of the molecule is CC(Oc1ccc(Br)c(CNC(C)(C)C)c1)C(=O)O. The third-order valence-corrected chi connectivity index (χ3v) is 3.26. The van der Waals surface area contributed by atoms with Crippen molar-refractivity contribution in [3.63, 3.8) is 0 Å². The lowest BCUT2D eigenvalue weighted by molar-refractivity contribution is -0.144. The van der Waals surface area contributed by atoms with Crippen LogP contribution in [0, 0.1) is 0 Å². The van der Waals surface area contributed by atoms with Crippen LogP contribution in [0.5, 0.6) is 5.75 Å².